The monoisotopic (exact) mass is 279 g/mol. The second kappa shape index (κ2) is 4.68. The number of nitrogens with zero attached hydrogens (tertiary/aromatic N) is 2. The molecule has 0 radical (unpaired) electrons. The van der Waals surface area contributed by atoms with Gasteiger partial charge in [0.2, 0.25) is 5.91 Å². The number of hydrogen-bond donors (Lipinski definition) is 3. The van der Waals surface area contributed by atoms with Crippen LogP contribution in [-0.4, -0.2) is 21.1 Å². The molecule has 6 nitrogen and oxygen atoms in total. The molecule has 0 fully saturated rings. The van der Waals surface area contributed by atoms with Crippen molar-refractivity contribution in [3.05, 3.63) is 53.9 Å². The first-order chi connectivity index (χ1) is 10.3. The van der Waals surface area contributed by atoms with Crippen molar-refractivity contribution in [2.24, 2.45) is 0 Å². The van der Waals surface area contributed by atoms with Crippen molar-refractivity contribution in [1.29, 1.82) is 0 Å². The number of benzene rings is 1. The molecule has 3 N–H and O–H groups in total. The highest BCUT2D eigenvalue weighted by Crippen LogP contribution is 2.26. The van der Waals surface area contributed by atoms with Crippen LogP contribution in [0.1, 0.15) is 17.2 Å². The molecule has 0 spiro atoms. The smallest absolute Gasteiger partial charge is 0.246 e. The maximum atomic E-state index is 12.4. The number of carbonyl (C=O) groups is 1. The molecule has 104 valence electrons. The van der Waals surface area contributed by atoms with Crippen molar-refractivity contribution in [2.45, 2.75) is 12.6 Å². The predicted octanol–water partition coefficient (Wildman–Crippen LogP) is 1.74. The molecule has 3 aromatic rings. The zero-order chi connectivity index (χ0) is 14.2. The topological polar surface area (TPSA) is 82.7 Å². The SMILES string of the molecule is O=C(Nc1cnc2[nH]ncc2c1)C1NCc2ccccc21. The second-order valence-electron chi connectivity index (χ2n) is 5.03. The van der Waals surface area contributed by atoms with Gasteiger partial charge in [-0.15, -0.1) is 0 Å². The van der Waals surface area contributed by atoms with Gasteiger partial charge in [0.15, 0.2) is 5.65 Å². The van der Waals surface area contributed by atoms with Crippen LogP contribution in [0.5, 0.6) is 0 Å². The molecule has 0 saturated carbocycles. The fourth-order valence-electron chi connectivity index (χ4n) is 2.65. The predicted molar refractivity (Wildman–Crippen MR) is 78.5 cm³/mol. The lowest BCUT2D eigenvalue weighted by Crippen LogP contribution is -2.27. The van der Waals surface area contributed by atoms with Crippen LogP contribution in [0.25, 0.3) is 11.0 Å². The number of aromatic amines is 1. The minimum absolute atomic E-state index is 0.0791. The molecule has 0 saturated heterocycles. The third-order valence-electron chi connectivity index (χ3n) is 3.68. The van der Waals surface area contributed by atoms with Crippen molar-refractivity contribution in [1.82, 2.24) is 20.5 Å². The molecule has 1 aliphatic rings. The van der Waals surface area contributed by atoms with Crippen LogP contribution < -0.4 is 10.6 Å². The lowest BCUT2D eigenvalue weighted by molar-refractivity contribution is -0.118. The van der Waals surface area contributed by atoms with E-state index in [0.29, 0.717) is 17.9 Å². The van der Waals surface area contributed by atoms with Gasteiger partial charge in [0.1, 0.15) is 6.04 Å². The number of fused-ring (bicyclic) bond motifs is 2. The van der Waals surface area contributed by atoms with E-state index >= 15 is 0 Å². The fraction of sp³-hybridized carbons (Fsp3) is 0.133. The third-order valence-corrected chi connectivity index (χ3v) is 3.68. The minimum Gasteiger partial charge on any atom is -0.323 e. The molecule has 1 amide bonds. The number of carbonyl (C=O) groups excluding carboxylic acids is 1. The normalized spacial score (nSPS) is 16.9. The number of hydrogen-bond acceptors (Lipinski definition) is 4. The van der Waals surface area contributed by atoms with E-state index in [9.17, 15) is 4.79 Å². The zero-order valence-corrected chi connectivity index (χ0v) is 11.1. The van der Waals surface area contributed by atoms with Crippen LogP contribution in [0.3, 0.4) is 0 Å². The average Bonchev–Trinajstić information content (AvgIpc) is 3.13. The summed E-state index contributed by atoms with van der Waals surface area (Å²) in [5.41, 5.74) is 3.57. The van der Waals surface area contributed by atoms with E-state index in [2.05, 4.69) is 25.8 Å². The van der Waals surface area contributed by atoms with E-state index in [-0.39, 0.29) is 11.9 Å². The molecule has 4 rings (SSSR count). The first-order valence-corrected chi connectivity index (χ1v) is 6.72. The molecule has 6 heteroatoms. The van der Waals surface area contributed by atoms with Gasteiger partial charge in [-0.25, -0.2) is 4.98 Å². The Morgan fingerprint density at radius 1 is 1.29 bits per heavy atom. The molecule has 1 aliphatic heterocycles. The Labute approximate surface area is 120 Å². The van der Waals surface area contributed by atoms with Crippen LogP contribution in [-0.2, 0) is 11.3 Å². The molecular formula is C15H13N5O. The van der Waals surface area contributed by atoms with Crippen LogP contribution in [0.4, 0.5) is 5.69 Å². The van der Waals surface area contributed by atoms with E-state index in [1.54, 1.807) is 12.4 Å². The van der Waals surface area contributed by atoms with E-state index in [0.717, 1.165) is 10.9 Å². The fourth-order valence-corrected chi connectivity index (χ4v) is 2.65. The van der Waals surface area contributed by atoms with Gasteiger partial charge >= 0.3 is 0 Å². The molecule has 0 bridgehead atoms. The quantitative estimate of drug-likeness (QED) is 0.667. The third kappa shape index (κ3) is 2.05. The van der Waals surface area contributed by atoms with Crippen molar-refractivity contribution in [3.8, 4) is 0 Å². The summed E-state index contributed by atoms with van der Waals surface area (Å²) in [4.78, 5) is 16.6. The Morgan fingerprint density at radius 2 is 2.19 bits per heavy atom. The maximum Gasteiger partial charge on any atom is 0.246 e. The van der Waals surface area contributed by atoms with E-state index in [1.165, 1.54) is 5.56 Å². The van der Waals surface area contributed by atoms with E-state index in [1.807, 2.05) is 30.3 Å². The molecule has 21 heavy (non-hydrogen) atoms. The van der Waals surface area contributed by atoms with E-state index < -0.39 is 0 Å². The summed E-state index contributed by atoms with van der Waals surface area (Å²) < 4.78 is 0. The molecule has 1 atom stereocenters. The molecule has 0 aliphatic carbocycles. The van der Waals surface area contributed by atoms with Gasteiger partial charge in [-0.2, -0.15) is 5.10 Å². The minimum atomic E-state index is -0.318. The molecule has 1 aromatic carbocycles. The van der Waals surface area contributed by atoms with E-state index in [4.69, 9.17) is 0 Å². The van der Waals surface area contributed by atoms with Crippen molar-refractivity contribution in [2.75, 3.05) is 5.32 Å². The number of pyridine rings is 1. The summed E-state index contributed by atoms with van der Waals surface area (Å²) in [7, 11) is 0. The van der Waals surface area contributed by atoms with Crippen LogP contribution >= 0.6 is 0 Å². The number of amides is 1. The Balaban J connectivity index is 1.58. The molecule has 2 aromatic heterocycles. The van der Waals surface area contributed by atoms with Gasteiger partial charge in [-0.05, 0) is 17.2 Å². The Bertz CT molecular complexity index is 826. The van der Waals surface area contributed by atoms with Crippen LogP contribution in [0, 0.1) is 0 Å². The molecule has 3 heterocycles. The highest BCUT2D eigenvalue weighted by molar-refractivity contribution is 5.97. The first kappa shape index (κ1) is 12.0. The average molecular weight is 279 g/mol. The Morgan fingerprint density at radius 3 is 3.14 bits per heavy atom. The summed E-state index contributed by atoms with van der Waals surface area (Å²) in [6.45, 7) is 0.716. The highest BCUT2D eigenvalue weighted by Gasteiger charge is 2.27. The summed E-state index contributed by atoms with van der Waals surface area (Å²) in [5.74, 6) is -0.0791. The number of H-pyrrole nitrogens is 1. The summed E-state index contributed by atoms with van der Waals surface area (Å²) >= 11 is 0. The largest absolute Gasteiger partial charge is 0.323 e. The van der Waals surface area contributed by atoms with Crippen LogP contribution in [0.15, 0.2) is 42.7 Å². The van der Waals surface area contributed by atoms with Gasteiger partial charge in [0, 0.05) is 11.9 Å². The first-order valence-electron chi connectivity index (χ1n) is 6.72. The number of nitrogens with one attached hydrogen (secondary N) is 3. The molecule has 1 unspecified atom stereocenters. The van der Waals surface area contributed by atoms with Crippen molar-refractivity contribution < 1.29 is 4.79 Å². The highest BCUT2D eigenvalue weighted by atomic mass is 16.2. The standard InChI is InChI=1S/C15H13N5O/c21-15(13-12-4-2-1-3-9(12)6-16-13)19-11-5-10-7-18-20-14(10)17-8-11/h1-5,7-8,13,16H,6H2,(H,19,21)(H,17,18,20). The summed E-state index contributed by atoms with van der Waals surface area (Å²) in [6, 6.07) is 9.49. The lowest BCUT2D eigenvalue weighted by Gasteiger charge is -2.12. The van der Waals surface area contributed by atoms with Gasteiger partial charge in [0.25, 0.3) is 0 Å². The Hall–Kier alpha value is -2.73. The summed E-state index contributed by atoms with van der Waals surface area (Å²) in [6.07, 6.45) is 3.31. The number of aromatic nitrogens is 3. The Kier molecular flexibility index (Phi) is 2.68. The number of rotatable bonds is 2. The van der Waals surface area contributed by atoms with Gasteiger partial charge in [-0.1, -0.05) is 24.3 Å². The summed E-state index contributed by atoms with van der Waals surface area (Å²) in [5, 5.41) is 13.7. The van der Waals surface area contributed by atoms with Crippen molar-refractivity contribution >= 4 is 22.6 Å². The van der Waals surface area contributed by atoms with Crippen LogP contribution in [0.2, 0.25) is 0 Å². The molecular weight excluding hydrogens is 266 g/mol. The zero-order valence-electron chi connectivity index (χ0n) is 11.1. The van der Waals surface area contributed by atoms with Crippen molar-refractivity contribution in [3.63, 3.8) is 0 Å². The second-order valence-corrected chi connectivity index (χ2v) is 5.03. The van der Waals surface area contributed by atoms with Gasteiger partial charge in [-0.3, -0.25) is 15.2 Å². The lowest BCUT2D eigenvalue weighted by atomic mass is 10.0. The maximum absolute atomic E-state index is 12.4. The van der Waals surface area contributed by atoms with Gasteiger partial charge < -0.3 is 5.32 Å². The van der Waals surface area contributed by atoms with Gasteiger partial charge in [0.05, 0.1) is 18.1 Å². The number of anilines is 1.